The first-order chi connectivity index (χ1) is 13.2. The molecule has 1 aromatic heterocycles. The highest BCUT2D eigenvalue weighted by Gasteiger charge is 2.09. The maximum absolute atomic E-state index is 12.5. The largest absolute Gasteiger partial charge is 0.494 e. The number of rotatable bonds is 7. The molecule has 27 heavy (non-hydrogen) atoms. The number of hydrogen-bond donors (Lipinski definition) is 2. The number of nitrogens with one attached hydrogen (secondary N) is 2. The summed E-state index contributed by atoms with van der Waals surface area (Å²) in [5.41, 5.74) is 4.12. The normalized spacial score (nSPS) is 10.3. The van der Waals surface area contributed by atoms with E-state index >= 15 is 0 Å². The van der Waals surface area contributed by atoms with Gasteiger partial charge in [0.2, 0.25) is 0 Å². The fourth-order valence-corrected chi connectivity index (χ4v) is 2.73. The van der Waals surface area contributed by atoms with E-state index in [4.69, 9.17) is 4.74 Å². The van der Waals surface area contributed by atoms with Crippen molar-refractivity contribution in [3.05, 3.63) is 78.1 Å². The molecular weight excluding hydrogens is 338 g/mol. The average Bonchev–Trinajstić information content (AvgIpc) is 2.70. The molecule has 0 aliphatic rings. The standard InChI is InChI=1S/C22H23N3O2/c1-3-16-7-5-6-8-20(16)24-18-13-14-23-21(15-18)22(26)25-17-9-11-19(12-10-17)27-4-2/h5-15H,3-4H2,1-2H3,(H,23,24)(H,25,26). The van der Waals surface area contributed by atoms with Gasteiger partial charge in [0.15, 0.2) is 0 Å². The molecule has 0 unspecified atom stereocenters. The van der Waals surface area contributed by atoms with E-state index in [0.717, 1.165) is 23.5 Å². The molecule has 5 nitrogen and oxygen atoms in total. The van der Waals surface area contributed by atoms with E-state index in [1.807, 2.05) is 55.5 Å². The van der Waals surface area contributed by atoms with Crippen LogP contribution in [0.3, 0.4) is 0 Å². The Morgan fingerprint density at radius 1 is 1.00 bits per heavy atom. The highest BCUT2D eigenvalue weighted by Crippen LogP contribution is 2.22. The van der Waals surface area contributed by atoms with Crippen LogP contribution in [-0.4, -0.2) is 17.5 Å². The van der Waals surface area contributed by atoms with Crippen LogP contribution in [0.1, 0.15) is 29.9 Å². The average molecular weight is 361 g/mol. The zero-order valence-corrected chi connectivity index (χ0v) is 15.5. The number of amides is 1. The smallest absolute Gasteiger partial charge is 0.274 e. The van der Waals surface area contributed by atoms with Crippen molar-refractivity contribution in [3.63, 3.8) is 0 Å². The zero-order chi connectivity index (χ0) is 19.1. The maximum Gasteiger partial charge on any atom is 0.274 e. The van der Waals surface area contributed by atoms with Crippen molar-refractivity contribution in [2.75, 3.05) is 17.2 Å². The highest BCUT2D eigenvalue weighted by molar-refractivity contribution is 6.03. The summed E-state index contributed by atoms with van der Waals surface area (Å²) in [6.45, 7) is 4.65. The molecule has 0 atom stereocenters. The van der Waals surface area contributed by atoms with Gasteiger partial charge in [-0.3, -0.25) is 9.78 Å². The predicted octanol–water partition coefficient (Wildman–Crippen LogP) is 5.04. The molecule has 0 bridgehead atoms. The third-order valence-corrected chi connectivity index (χ3v) is 4.09. The lowest BCUT2D eigenvalue weighted by Gasteiger charge is -2.12. The molecule has 3 rings (SSSR count). The van der Waals surface area contributed by atoms with Crippen molar-refractivity contribution in [2.45, 2.75) is 20.3 Å². The minimum absolute atomic E-state index is 0.258. The van der Waals surface area contributed by atoms with Gasteiger partial charge < -0.3 is 15.4 Å². The highest BCUT2D eigenvalue weighted by atomic mass is 16.5. The van der Waals surface area contributed by atoms with Crippen molar-refractivity contribution in [1.82, 2.24) is 4.98 Å². The van der Waals surface area contributed by atoms with Gasteiger partial charge >= 0.3 is 0 Å². The molecule has 0 spiro atoms. The van der Waals surface area contributed by atoms with Crippen LogP contribution in [0.25, 0.3) is 0 Å². The molecule has 2 aromatic carbocycles. The van der Waals surface area contributed by atoms with Crippen LogP contribution in [-0.2, 0) is 6.42 Å². The molecule has 5 heteroatoms. The summed E-state index contributed by atoms with van der Waals surface area (Å²) in [6, 6.07) is 19.0. The lowest BCUT2D eigenvalue weighted by molar-refractivity contribution is 0.102. The Labute approximate surface area is 159 Å². The molecule has 0 saturated carbocycles. The van der Waals surface area contributed by atoms with E-state index in [1.165, 1.54) is 5.56 Å². The third kappa shape index (κ3) is 4.85. The third-order valence-electron chi connectivity index (χ3n) is 4.09. The Bertz CT molecular complexity index is 907. The van der Waals surface area contributed by atoms with Crippen LogP contribution in [0.2, 0.25) is 0 Å². The number of pyridine rings is 1. The van der Waals surface area contributed by atoms with Gasteiger partial charge in [0.05, 0.1) is 6.61 Å². The van der Waals surface area contributed by atoms with Crippen LogP contribution < -0.4 is 15.4 Å². The summed E-state index contributed by atoms with van der Waals surface area (Å²) >= 11 is 0. The maximum atomic E-state index is 12.5. The van der Waals surface area contributed by atoms with Crippen molar-refractivity contribution < 1.29 is 9.53 Å². The fourth-order valence-electron chi connectivity index (χ4n) is 2.73. The monoisotopic (exact) mass is 361 g/mol. The molecule has 2 N–H and O–H groups in total. The Morgan fingerprint density at radius 3 is 2.52 bits per heavy atom. The molecule has 0 radical (unpaired) electrons. The molecular formula is C22H23N3O2. The van der Waals surface area contributed by atoms with E-state index in [0.29, 0.717) is 18.0 Å². The number of aryl methyl sites for hydroxylation is 1. The van der Waals surface area contributed by atoms with Gasteiger partial charge in [0, 0.05) is 23.3 Å². The number of hydrogen-bond acceptors (Lipinski definition) is 4. The topological polar surface area (TPSA) is 63.2 Å². The van der Waals surface area contributed by atoms with Gasteiger partial charge in [-0.2, -0.15) is 0 Å². The Balaban J connectivity index is 1.71. The van der Waals surface area contributed by atoms with Gasteiger partial charge in [-0.25, -0.2) is 0 Å². The van der Waals surface area contributed by atoms with Crippen LogP contribution >= 0.6 is 0 Å². The van der Waals surface area contributed by atoms with Crippen LogP contribution in [0.5, 0.6) is 5.75 Å². The number of carbonyl (C=O) groups is 1. The van der Waals surface area contributed by atoms with E-state index in [9.17, 15) is 4.79 Å². The number of ether oxygens (including phenoxy) is 1. The number of aromatic nitrogens is 1. The van der Waals surface area contributed by atoms with E-state index in [1.54, 1.807) is 12.3 Å². The number of carbonyl (C=O) groups excluding carboxylic acids is 1. The van der Waals surface area contributed by atoms with Crippen LogP contribution in [0.15, 0.2) is 66.9 Å². The second-order valence-corrected chi connectivity index (χ2v) is 5.98. The number of nitrogens with zero attached hydrogens (tertiary/aromatic N) is 1. The molecule has 0 aliphatic heterocycles. The molecule has 1 heterocycles. The Hall–Kier alpha value is -3.34. The SMILES string of the molecule is CCOc1ccc(NC(=O)c2cc(Nc3ccccc3CC)ccn2)cc1. The summed E-state index contributed by atoms with van der Waals surface area (Å²) in [5, 5.41) is 6.22. The summed E-state index contributed by atoms with van der Waals surface area (Å²) in [7, 11) is 0. The molecule has 0 saturated heterocycles. The van der Waals surface area contributed by atoms with Gasteiger partial charge in [0.25, 0.3) is 5.91 Å². The molecule has 3 aromatic rings. The Kier molecular flexibility index (Phi) is 6.05. The van der Waals surface area contributed by atoms with E-state index in [2.05, 4.69) is 28.6 Å². The summed E-state index contributed by atoms with van der Waals surface area (Å²) in [5.74, 6) is 0.515. The first-order valence-electron chi connectivity index (χ1n) is 9.04. The van der Waals surface area contributed by atoms with Gasteiger partial charge in [-0.15, -0.1) is 0 Å². The first-order valence-corrected chi connectivity index (χ1v) is 9.04. The minimum atomic E-state index is -0.258. The van der Waals surface area contributed by atoms with E-state index < -0.39 is 0 Å². The van der Waals surface area contributed by atoms with E-state index in [-0.39, 0.29) is 5.91 Å². The van der Waals surface area contributed by atoms with Crippen molar-refractivity contribution >= 4 is 23.0 Å². The predicted molar refractivity (Wildman–Crippen MR) is 109 cm³/mol. The van der Waals surface area contributed by atoms with Crippen molar-refractivity contribution in [1.29, 1.82) is 0 Å². The van der Waals surface area contributed by atoms with Crippen LogP contribution in [0.4, 0.5) is 17.1 Å². The second-order valence-electron chi connectivity index (χ2n) is 5.98. The number of anilines is 3. The van der Waals surface area contributed by atoms with Crippen LogP contribution in [0, 0.1) is 0 Å². The van der Waals surface area contributed by atoms with Gasteiger partial charge in [0.1, 0.15) is 11.4 Å². The van der Waals surface area contributed by atoms with Gasteiger partial charge in [-0.05, 0) is 61.4 Å². The second kappa shape index (κ2) is 8.85. The number of para-hydroxylation sites is 1. The fraction of sp³-hybridized carbons (Fsp3) is 0.182. The summed E-state index contributed by atoms with van der Waals surface area (Å²) < 4.78 is 5.41. The summed E-state index contributed by atoms with van der Waals surface area (Å²) in [6.07, 6.45) is 2.56. The summed E-state index contributed by atoms with van der Waals surface area (Å²) in [4.78, 5) is 16.7. The first kappa shape index (κ1) is 18.5. The minimum Gasteiger partial charge on any atom is -0.494 e. The number of benzene rings is 2. The van der Waals surface area contributed by atoms with Crippen molar-refractivity contribution in [3.8, 4) is 5.75 Å². The lowest BCUT2D eigenvalue weighted by Crippen LogP contribution is -2.13. The zero-order valence-electron chi connectivity index (χ0n) is 15.5. The molecule has 0 aliphatic carbocycles. The van der Waals surface area contributed by atoms with Crippen molar-refractivity contribution in [2.24, 2.45) is 0 Å². The van der Waals surface area contributed by atoms with Gasteiger partial charge in [-0.1, -0.05) is 25.1 Å². The molecule has 138 valence electrons. The lowest BCUT2D eigenvalue weighted by atomic mass is 10.1. The molecule has 1 amide bonds. The Morgan fingerprint density at radius 2 is 1.78 bits per heavy atom. The molecule has 0 fully saturated rings. The quantitative estimate of drug-likeness (QED) is 0.619.